The fourth-order valence-corrected chi connectivity index (χ4v) is 3.10. The van der Waals surface area contributed by atoms with Gasteiger partial charge in [-0.3, -0.25) is 14.9 Å². The van der Waals surface area contributed by atoms with Crippen LogP contribution >= 0.6 is 0 Å². The number of benzene rings is 2. The molecule has 0 saturated heterocycles. The molecule has 0 bridgehead atoms. The molecule has 29 heavy (non-hydrogen) atoms. The van der Waals surface area contributed by atoms with E-state index in [0.717, 1.165) is 22.6 Å². The maximum absolute atomic E-state index is 12.4. The number of amides is 1. The first-order valence-corrected chi connectivity index (χ1v) is 9.12. The maximum atomic E-state index is 12.4. The van der Waals surface area contributed by atoms with E-state index in [9.17, 15) is 14.9 Å². The van der Waals surface area contributed by atoms with Gasteiger partial charge in [-0.15, -0.1) is 0 Å². The molecule has 0 fully saturated rings. The number of carbonyl (C=O) groups excluding carboxylic acids is 1. The lowest BCUT2D eigenvalue weighted by atomic mass is 10.1. The van der Waals surface area contributed by atoms with Gasteiger partial charge in [-0.2, -0.15) is 5.10 Å². The minimum absolute atomic E-state index is 0.140. The third-order valence-corrected chi connectivity index (χ3v) is 4.53. The van der Waals surface area contributed by atoms with E-state index in [1.807, 2.05) is 48.9 Å². The van der Waals surface area contributed by atoms with Crippen molar-refractivity contribution >= 4 is 11.6 Å². The first kappa shape index (κ1) is 20.1. The molecule has 0 spiro atoms. The van der Waals surface area contributed by atoms with Gasteiger partial charge in [0.15, 0.2) is 0 Å². The summed E-state index contributed by atoms with van der Waals surface area (Å²) in [6, 6.07) is 13.9. The molecule has 1 heterocycles. The SMILES string of the molecule is COc1ccc([N+](=O)[O-])cc1C(=O)NCCc1ccc(-n2nc(C)cc2C)cc1. The molecule has 0 unspecified atom stereocenters. The first-order chi connectivity index (χ1) is 13.9. The molecular formula is C21H22N4O4. The second-order valence-corrected chi connectivity index (χ2v) is 6.65. The summed E-state index contributed by atoms with van der Waals surface area (Å²) in [5.74, 6) is -0.118. The summed E-state index contributed by atoms with van der Waals surface area (Å²) in [4.78, 5) is 22.9. The molecule has 1 aromatic heterocycles. The minimum atomic E-state index is -0.541. The number of carbonyl (C=O) groups is 1. The van der Waals surface area contributed by atoms with Crippen molar-refractivity contribution in [1.82, 2.24) is 15.1 Å². The predicted molar refractivity (Wildman–Crippen MR) is 109 cm³/mol. The monoisotopic (exact) mass is 394 g/mol. The van der Waals surface area contributed by atoms with E-state index in [-0.39, 0.29) is 11.3 Å². The highest BCUT2D eigenvalue weighted by molar-refractivity contribution is 5.97. The van der Waals surface area contributed by atoms with Gasteiger partial charge in [0.1, 0.15) is 5.75 Å². The summed E-state index contributed by atoms with van der Waals surface area (Å²) in [6.45, 7) is 4.35. The number of methoxy groups -OCH3 is 1. The fourth-order valence-electron chi connectivity index (χ4n) is 3.10. The first-order valence-electron chi connectivity index (χ1n) is 9.12. The van der Waals surface area contributed by atoms with Crippen LogP contribution in [0.5, 0.6) is 5.75 Å². The van der Waals surface area contributed by atoms with Crippen molar-refractivity contribution in [1.29, 1.82) is 0 Å². The number of nitro benzene ring substituents is 1. The van der Waals surface area contributed by atoms with Crippen LogP contribution in [-0.4, -0.2) is 34.3 Å². The number of non-ortho nitro benzene ring substituents is 1. The van der Waals surface area contributed by atoms with Crippen molar-refractivity contribution in [2.24, 2.45) is 0 Å². The Morgan fingerprint density at radius 3 is 2.48 bits per heavy atom. The van der Waals surface area contributed by atoms with Crippen LogP contribution < -0.4 is 10.1 Å². The van der Waals surface area contributed by atoms with Crippen molar-refractivity contribution in [3.8, 4) is 11.4 Å². The Morgan fingerprint density at radius 1 is 1.17 bits per heavy atom. The summed E-state index contributed by atoms with van der Waals surface area (Å²) in [5.41, 5.74) is 4.04. The van der Waals surface area contributed by atoms with Gasteiger partial charge in [0.25, 0.3) is 11.6 Å². The third kappa shape index (κ3) is 4.60. The Balaban J connectivity index is 1.63. The number of hydrogen-bond donors (Lipinski definition) is 1. The standard InChI is InChI=1S/C21H22N4O4/c1-14-12-15(2)24(23-14)17-6-4-16(5-7-17)10-11-22-21(26)19-13-18(25(27)28)8-9-20(19)29-3/h4-9,12-13H,10-11H2,1-3H3,(H,22,26). The van der Waals surface area contributed by atoms with E-state index in [4.69, 9.17) is 4.74 Å². The molecule has 1 N–H and O–H groups in total. The summed E-state index contributed by atoms with van der Waals surface area (Å²) in [6.07, 6.45) is 0.625. The van der Waals surface area contributed by atoms with Crippen LogP contribution in [0.3, 0.4) is 0 Å². The quantitative estimate of drug-likeness (QED) is 0.489. The number of aryl methyl sites for hydroxylation is 2. The van der Waals surface area contributed by atoms with Gasteiger partial charge in [0, 0.05) is 24.4 Å². The van der Waals surface area contributed by atoms with Crippen LogP contribution in [0.2, 0.25) is 0 Å². The van der Waals surface area contributed by atoms with Gasteiger partial charge < -0.3 is 10.1 Å². The molecule has 0 aliphatic carbocycles. The predicted octanol–water partition coefficient (Wildman–Crippen LogP) is 3.38. The molecule has 8 nitrogen and oxygen atoms in total. The lowest BCUT2D eigenvalue weighted by molar-refractivity contribution is -0.384. The molecule has 2 aromatic carbocycles. The Labute approximate surface area is 168 Å². The largest absolute Gasteiger partial charge is 0.496 e. The minimum Gasteiger partial charge on any atom is -0.496 e. The van der Waals surface area contributed by atoms with Crippen LogP contribution in [0.1, 0.15) is 27.3 Å². The van der Waals surface area contributed by atoms with E-state index in [1.54, 1.807) is 0 Å². The summed E-state index contributed by atoms with van der Waals surface area (Å²) < 4.78 is 7.03. The molecule has 0 radical (unpaired) electrons. The summed E-state index contributed by atoms with van der Waals surface area (Å²) in [7, 11) is 1.42. The Morgan fingerprint density at radius 2 is 1.90 bits per heavy atom. The fraction of sp³-hybridized carbons (Fsp3) is 0.238. The van der Waals surface area contributed by atoms with Crippen LogP contribution in [0.25, 0.3) is 5.69 Å². The van der Waals surface area contributed by atoms with Gasteiger partial charge in [-0.25, -0.2) is 4.68 Å². The van der Waals surface area contributed by atoms with Crippen LogP contribution in [0.4, 0.5) is 5.69 Å². The van der Waals surface area contributed by atoms with Gasteiger partial charge in [0.2, 0.25) is 0 Å². The molecule has 0 aliphatic rings. The molecular weight excluding hydrogens is 372 g/mol. The van der Waals surface area contributed by atoms with Crippen LogP contribution in [0.15, 0.2) is 48.5 Å². The Hall–Kier alpha value is -3.68. The van der Waals surface area contributed by atoms with Crippen LogP contribution in [-0.2, 0) is 6.42 Å². The Kier molecular flexibility index (Phi) is 5.92. The Bertz CT molecular complexity index is 1040. The number of hydrogen-bond acceptors (Lipinski definition) is 5. The molecule has 0 saturated carbocycles. The van der Waals surface area contributed by atoms with Crippen molar-refractivity contribution in [2.45, 2.75) is 20.3 Å². The zero-order valence-corrected chi connectivity index (χ0v) is 16.5. The highest BCUT2D eigenvalue weighted by atomic mass is 16.6. The van der Waals surface area contributed by atoms with Crippen molar-refractivity contribution < 1.29 is 14.5 Å². The number of ether oxygens (including phenoxy) is 1. The van der Waals surface area contributed by atoms with Gasteiger partial charge >= 0.3 is 0 Å². The van der Waals surface area contributed by atoms with Gasteiger partial charge in [-0.05, 0) is 50.1 Å². The zero-order chi connectivity index (χ0) is 21.0. The third-order valence-electron chi connectivity index (χ3n) is 4.53. The normalized spacial score (nSPS) is 10.6. The summed E-state index contributed by atoms with van der Waals surface area (Å²) >= 11 is 0. The molecule has 3 aromatic rings. The molecule has 0 atom stereocenters. The molecule has 1 amide bonds. The van der Waals surface area contributed by atoms with Crippen LogP contribution in [0, 0.1) is 24.0 Å². The highest BCUT2D eigenvalue weighted by Gasteiger charge is 2.17. The lowest BCUT2D eigenvalue weighted by Crippen LogP contribution is -2.26. The van der Waals surface area contributed by atoms with E-state index in [1.165, 1.54) is 25.3 Å². The average Bonchev–Trinajstić information content (AvgIpc) is 3.05. The van der Waals surface area contributed by atoms with E-state index in [2.05, 4.69) is 10.4 Å². The van der Waals surface area contributed by atoms with E-state index in [0.29, 0.717) is 18.7 Å². The molecule has 0 aliphatic heterocycles. The van der Waals surface area contributed by atoms with Gasteiger partial charge in [0.05, 0.1) is 29.0 Å². The lowest BCUT2D eigenvalue weighted by Gasteiger charge is -2.10. The average molecular weight is 394 g/mol. The van der Waals surface area contributed by atoms with Crippen molar-refractivity contribution in [3.63, 3.8) is 0 Å². The topological polar surface area (TPSA) is 99.3 Å². The smallest absolute Gasteiger partial charge is 0.270 e. The number of nitro groups is 1. The number of nitrogens with one attached hydrogen (secondary N) is 1. The van der Waals surface area contributed by atoms with E-state index < -0.39 is 10.8 Å². The number of aromatic nitrogens is 2. The molecule has 150 valence electrons. The number of nitrogens with zero attached hydrogens (tertiary/aromatic N) is 3. The van der Waals surface area contributed by atoms with Gasteiger partial charge in [-0.1, -0.05) is 12.1 Å². The highest BCUT2D eigenvalue weighted by Crippen LogP contribution is 2.23. The second kappa shape index (κ2) is 8.55. The summed E-state index contributed by atoms with van der Waals surface area (Å²) in [5, 5.41) is 18.2. The van der Waals surface area contributed by atoms with E-state index >= 15 is 0 Å². The zero-order valence-electron chi connectivity index (χ0n) is 16.5. The van der Waals surface area contributed by atoms with Crippen molar-refractivity contribution in [3.05, 3.63) is 81.2 Å². The molecule has 3 rings (SSSR count). The van der Waals surface area contributed by atoms with Crippen molar-refractivity contribution in [2.75, 3.05) is 13.7 Å². The second-order valence-electron chi connectivity index (χ2n) is 6.65. The molecule has 8 heteroatoms. The number of rotatable bonds is 7. The maximum Gasteiger partial charge on any atom is 0.270 e.